The van der Waals surface area contributed by atoms with Crippen molar-refractivity contribution in [2.24, 2.45) is 15.9 Å². The Morgan fingerprint density at radius 2 is 2.00 bits per heavy atom. The first-order valence-electron chi connectivity index (χ1n) is 8.97. The minimum atomic E-state index is -0.539. The number of nitrogens with two attached hydrogens (primary N) is 1. The van der Waals surface area contributed by atoms with Gasteiger partial charge in [-0.2, -0.15) is 5.10 Å². The second-order valence-corrected chi connectivity index (χ2v) is 7.16. The molecular weight excluding hydrogens is 404 g/mol. The minimum Gasteiger partial charge on any atom is -0.469 e. The minimum absolute atomic E-state index is 0.0306. The largest absolute Gasteiger partial charge is 0.469 e. The summed E-state index contributed by atoms with van der Waals surface area (Å²) in [5.41, 5.74) is 8.37. The molecule has 0 aliphatic carbocycles. The van der Waals surface area contributed by atoms with E-state index < -0.39 is 4.92 Å². The van der Waals surface area contributed by atoms with Gasteiger partial charge < -0.3 is 20.6 Å². The lowest BCUT2D eigenvalue weighted by molar-refractivity contribution is -0.389. The molecule has 9 nitrogen and oxygen atoms in total. The van der Waals surface area contributed by atoms with Crippen LogP contribution >= 0.6 is 11.8 Å². The lowest BCUT2D eigenvalue weighted by atomic mass is 10.2. The van der Waals surface area contributed by atoms with Crippen molar-refractivity contribution in [1.29, 1.82) is 0 Å². The lowest BCUT2D eigenvalue weighted by Crippen LogP contribution is -2.09. The Morgan fingerprint density at radius 3 is 2.73 bits per heavy atom. The van der Waals surface area contributed by atoms with Crippen molar-refractivity contribution in [3.8, 4) is 5.75 Å². The summed E-state index contributed by atoms with van der Waals surface area (Å²) in [6, 6.07) is 18.6. The van der Waals surface area contributed by atoms with E-state index in [4.69, 9.17) is 10.5 Å². The van der Waals surface area contributed by atoms with Gasteiger partial charge in [0, 0.05) is 11.3 Å². The van der Waals surface area contributed by atoms with Gasteiger partial charge in [-0.05, 0) is 29.5 Å². The van der Waals surface area contributed by atoms with E-state index in [1.54, 1.807) is 19.2 Å². The van der Waals surface area contributed by atoms with Gasteiger partial charge in [0.15, 0.2) is 5.17 Å². The van der Waals surface area contributed by atoms with Gasteiger partial charge in [0.2, 0.25) is 6.73 Å². The number of hydrogen-bond acceptors (Lipinski definition) is 7. The molecule has 0 amide bonds. The standard InChI is InChI=1S/C20H20N6O3S/c1-15-11-19(26(27)28)24-25(15)14-29-18-10-6-5-9-17(18)12-22-23-20(21)30-13-16-7-3-2-4-8-16/h2-12H,13-14H2,1H3,(H2,21,23). The van der Waals surface area contributed by atoms with Crippen molar-refractivity contribution >= 4 is 29.0 Å². The van der Waals surface area contributed by atoms with Crippen LogP contribution in [0.15, 0.2) is 70.9 Å². The van der Waals surface area contributed by atoms with E-state index in [0.29, 0.717) is 27.9 Å². The lowest BCUT2D eigenvalue weighted by Gasteiger charge is -2.07. The van der Waals surface area contributed by atoms with E-state index in [0.717, 1.165) is 5.56 Å². The van der Waals surface area contributed by atoms with E-state index in [1.807, 2.05) is 48.5 Å². The highest BCUT2D eigenvalue weighted by atomic mass is 32.2. The summed E-state index contributed by atoms with van der Waals surface area (Å²) >= 11 is 1.40. The van der Waals surface area contributed by atoms with E-state index in [-0.39, 0.29) is 12.5 Å². The maximum absolute atomic E-state index is 10.8. The third-order valence-electron chi connectivity index (χ3n) is 4.00. The summed E-state index contributed by atoms with van der Waals surface area (Å²) < 4.78 is 7.18. The van der Waals surface area contributed by atoms with Gasteiger partial charge in [0.05, 0.1) is 23.1 Å². The number of benzene rings is 2. The zero-order valence-electron chi connectivity index (χ0n) is 16.2. The maximum Gasteiger partial charge on any atom is 0.390 e. The van der Waals surface area contributed by atoms with Gasteiger partial charge in [-0.1, -0.05) is 54.2 Å². The van der Waals surface area contributed by atoms with Crippen LogP contribution in [0.25, 0.3) is 0 Å². The Kier molecular flexibility index (Phi) is 7.17. The molecule has 0 saturated heterocycles. The molecule has 2 N–H and O–H groups in total. The van der Waals surface area contributed by atoms with Crippen molar-refractivity contribution in [3.05, 3.63) is 87.6 Å². The number of amidine groups is 1. The van der Waals surface area contributed by atoms with Crippen molar-refractivity contribution < 1.29 is 9.66 Å². The van der Waals surface area contributed by atoms with E-state index in [9.17, 15) is 10.1 Å². The molecule has 0 bridgehead atoms. The third-order valence-corrected chi connectivity index (χ3v) is 4.85. The molecule has 154 valence electrons. The molecule has 0 atom stereocenters. The van der Waals surface area contributed by atoms with Gasteiger partial charge in [-0.25, -0.2) is 0 Å². The molecule has 30 heavy (non-hydrogen) atoms. The Hall–Kier alpha value is -3.66. The maximum atomic E-state index is 10.8. The SMILES string of the molecule is Cc1cc([N+](=O)[O-])nn1COc1ccccc1C=NN=C(N)SCc1ccccc1. The third kappa shape index (κ3) is 5.92. The number of aromatic nitrogens is 2. The van der Waals surface area contributed by atoms with Crippen molar-refractivity contribution in [2.45, 2.75) is 19.4 Å². The molecule has 3 aromatic rings. The van der Waals surface area contributed by atoms with Crippen LogP contribution in [0.1, 0.15) is 16.8 Å². The van der Waals surface area contributed by atoms with Gasteiger partial charge in [0.25, 0.3) is 0 Å². The molecule has 0 spiro atoms. The number of nitrogens with zero attached hydrogens (tertiary/aromatic N) is 5. The molecular formula is C20H20N6O3S. The normalized spacial score (nSPS) is 11.7. The summed E-state index contributed by atoms with van der Waals surface area (Å²) in [5, 5.41) is 23.1. The summed E-state index contributed by atoms with van der Waals surface area (Å²) in [4.78, 5) is 10.3. The topological polar surface area (TPSA) is 121 Å². The average molecular weight is 424 g/mol. The average Bonchev–Trinajstić information content (AvgIpc) is 3.13. The molecule has 1 aromatic heterocycles. The highest BCUT2D eigenvalue weighted by Gasteiger charge is 2.15. The summed E-state index contributed by atoms with van der Waals surface area (Å²) in [5.74, 6) is 1.04. The van der Waals surface area contributed by atoms with Crippen LogP contribution in [0.3, 0.4) is 0 Å². The highest BCUT2D eigenvalue weighted by molar-refractivity contribution is 8.13. The molecule has 2 aromatic carbocycles. The molecule has 10 heteroatoms. The molecule has 1 heterocycles. The van der Waals surface area contributed by atoms with Gasteiger partial charge in [-0.15, -0.1) is 9.78 Å². The Labute approximate surface area is 177 Å². The molecule has 3 rings (SSSR count). The van der Waals surface area contributed by atoms with Crippen LogP contribution in [0.4, 0.5) is 5.82 Å². The number of nitro groups is 1. The first-order chi connectivity index (χ1) is 14.5. The zero-order valence-corrected chi connectivity index (χ0v) is 17.0. The predicted molar refractivity (Wildman–Crippen MR) is 118 cm³/mol. The van der Waals surface area contributed by atoms with Crippen LogP contribution in [-0.2, 0) is 12.5 Å². The summed E-state index contributed by atoms with van der Waals surface area (Å²) in [6.45, 7) is 1.75. The van der Waals surface area contributed by atoms with Gasteiger partial charge in [0.1, 0.15) is 5.75 Å². The van der Waals surface area contributed by atoms with E-state index in [1.165, 1.54) is 22.5 Å². The Bertz CT molecular complexity index is 1070. The van der Waals surface area contributed by atoms with Gasteiger partial charge in [-0.3, -0.25) is 0 Å². The second-order valence-electron chi connectivity index (χ2n) is 6.17. The predicted octanol–water partition coefficient (Wildman–Crippen LogP) is 3.72. The first-order valence-corrected chi connectivity index (χ1v) is 9.95. The quantitative estimate of drug-likeness (QED) is 0.255. The molecule has 0 aliphatic heterocycles. The number of para-hydroxylation sites is 1. The number of ether oxygens (including phenoxy) is 1. The fraction of sp³-hybridized carbons (Fsp3) is 0.150. The smallest absolute Gasteiger partial charge is 0.390 e. The number of aryl methyl sites for hydroxylation is 1. The molecule has 0 saturated carbocycles. The number of rotatable bonds is 8. The van der Waals surface area contributed by atoms with Crippen LogP contribution in [-0.4, -0.2) is 26.1 Å². The van der Waals surface area contributed by atoms with Crippen LogP contribution < -0.4 is 10.5 Å². The van der Waals surface area contributed by atoms with E-state index >= 15 is 0 Å². The van der Waals surface area contributed by atoms with Crippen molar-refractivity contribution in [2.75, 3.05) is 0 Å². The van der Waals surface area contributed by atoms with Gasteiger partial charge >= 0.3 is 5.82 Å². The van der Waals surface area contributed by atoms with E-state index in [2.05, 4.69) is 15.3 Å². The van der Waals surface area contributed by atoms with Crippen LogP contribution in [0.5, 0.6) is 5.75 Å². The van der Waals surface area contributed by atoms with Crippen LogP contribution in [0.2, 0.25) is 0 Å². The fourth-order valence-electron chi connectivity index (χ4n) is 2.47. The Balaban J connectivity index is 1.61. The molecule has 0 aliphatic rings. The summed E-state index contributed by atoms with van der Waals surface area (Å²) in [7, 11) is 0. The first kappa shape index (κ1) is 21.1. The second kappa shape index (κ2) is 10.2. The highest BCUT2D eigenvalue weighted by Crippen LogP contribution is 2.18. The molecule has 0 fully saturated rings. The van der Waals surface area contributed by atoms with Crippen molar-refractivity contribution in [3.63, 3.8) is 0 Å². The summed E-state index contributed by atoms with van der Waals surface area (Å²) in [6.07, 6.45) is 1.55. The van der Waals surface area contributed by atoms with Crippen LogP contribution in [0, 0.1) is 17.0 Å². The zero-order chi connectivity index (χ0) is 21.3. The number of thioether (sulfide) groups is 1. The monoisotopic (exact) mass is 424 g/mol. The molecule has 0 unspecified atom stereocenters. The number of hydrogen-bond donors (Lipinski definition) is 1. The Morgan fingerprint density at radius 1 is 1.27 bits per heavy atom. The molecule has 0 radical (unpaired) electrons. The fourth-order valence-corrected chi connectivity index (χ4v) is 3.08. The van der Waals surface area contributed by atoms with Crippen molar-refractivity contribution in [1.82, 2.24) is 9.78 Å².